The minimum atomic E-state index is -4.72. The van der Waals surface area contributed by atoms with Gasteiger partial charge in [0.15, 0.2) is 0 Å². The topological polar surface area (TPSA) is 32.3 Å². The summed E-state index contributed by atoms with van der Waals surface area (Å²) in [7, 11) is 0. The van der Waals surface area contributed by atoms with Crippen LogP contribution in [0.25, 0.3) is 0 Å². The van der Waals surface area contributed by atoms with Crippen LogP contribution in [0.4, 0.5) is 13.2 Å². The fourth-order valence-electron chi connectivity index (χ4n) is 2.63. The van der Waals surface area contributed by atoms with E-state index in [1.807, 2.05) is 0 Å². The van der Waals surface area contributed by atoms with Gasteiger partial charge >= 0.3 is 12.1 Å². The number of halogens is 3. The van der Waals surface area contributed by atoms with E-state index in [4.69, 9.17) is 0 Å². The van der Waals surface area contributed by atoms with Crippen molar-refractivity contribution in [3.63, 3.8) is 0 Å². The molecule has 0 aromatic rings. The van der Waals surface area contributed by atoms with Crippen LogP contribution in [-0.4, -0.2) is 43.2 Å². The first-order chi connectivity index (χ1) is 8.47. The van der Waals surface area contributed by atoms with Gasteiger partial charge in [-0.25, -0.2) is 0 Å². The lowest BCUT2D eigenvalue weighted by Gasteiger charge is -2.34. The van der Waals surface area contributed by atoms with E-state index < -0.39 is 12.1 Å². The van der Waals surface area contributed by atoms with Crippen molar-refractivity contribution < 1.29 is 18.0 Å². The summed E-state index contributed by atoms with van der Waals surface area (Å²) >= 11 is 0. The lowest BCUT2D eigenvalue weighted by molar-refractivity contribution is -0.186. The molecule has 18 heavy (non-hydrogen) atoms. The second-order valence-electron chi connectivity index (χ2n) is 5.33. The number of alkyl halides is 3. The van der Waals surface area contributed by atoms with Crippen LogP contribution in [0.15, 0.2) is 0 Å². The molecule has 104 valence electrons. The van der Waals surface area contributed by atoms with Gasteiger partial charge < -0.3 is 10.2 Å². The maximum Gasteiger partial charge on any atom is 0.471 e. The maximum atomic E-state index is 12.2. The molecule has 2 heterocycles. The Morgan fingerprint density at radius 2 is 1.67 bits per heavy atom. The fraction of sp³-hybridized carbons (Fsp3) is 0.917. The molecule has 0 aromatic heterocycles. The number of nitrogens with zero attached hydrogens (tertiary/aromatic N) is 1. The van der Waals surface area contributed by atoms with E-state index in [-0.39, 0.29) is 13.1 Å². The Kier molecular flexibility index (Phi) is 4.14. The SMILES string of the molecule is O=C(N1CCC(CCC2CNC2)CC1)C(F)(F)F. The zero-order valence-corrected chi connectivity index (χ0v) is 10.3. The highest BCUT2D eigenvalue weighted by atomic mass is 19.4. The number of amides is 1. The first-order valence-electron chi connectivity index (χ1n) is 6.53. The number of hydrogen-bond acceptors (Lipinski definition) is 2. The van der Waals surface area contributed by atoms with Gasteiger partial charge in [-0.05, 0) is 50.6 Å². The van der Waals surface area contributed by atoms with Crippen molar-refractivity contribution in [3.8, 4) is 0 Å². The monoisotopic (exact) mass is 264 g/mol. The van der Waals surface area contributed by atoms with E-state index >= 15 is 0 Å². The van der Waals surface area contributed by atoms with Crippen molar-refractivity contribution in [2.75, 3.05) is 26.2 Å². The molecule has 0 radical (unpaired) electrons. The largest absolute Gasteiger partial charge is 0.471 e. The van der Waals surface area contributed by atoms with E-state index in [0.29, 0.717) is 18.8 Å². The summed E-state index contributed by atoms with van der Waals surface area (Å²) < 4.78 is 36.7. The van der Waals surface area contributed by atoms with Gasteiger partial charge in [0.05, 0.1) is 0 Å². The average Bonchev–Trinajstić information content (AvgIpc) is 2.26. The second-order valence-corrected chi connectivity index (χ2v) is 5.33. The van der Waals surface area contributed by atoms with Crippen molar-refractivity contribution >= 4 is 5.91 Å². The summed E-state index contributed by atoms with van der Waals surface area (Å²) in [6.45, 7) is 2.66. The van der Waals surface area contributed by atoms with Gasteiger partial charge in [-0.1, -0.05) is 0 Å². The molecule has 0 aromatic carbocycles. The van der Waals surface area contributed by atoms with Gasteiger partial charge in [0.2, 0.25) is 0 Å². The van der Waals surface area contributed by atoms with Crippen LogP contribution in [0.5, 0.6) is 0 Å². The van der Waals surface area contributed by atoms with Gasteiger partial charge in [-0.15, -0.1) is 0 Å². The molecule has 0 atom stereocenters. The summed E-state index contributed by atoms with van der Waals surface area (Å²) in [4.78, 5) is 12.0. The molecule has 0 unspecified atom stereocenters. The van der Waals surface area contributed by atoms with Crippen molar-refractivity contribution in [1.29, 1.82) is 0 Å². The number of carbonyl (C=O) groups excluding carboxylic acids is 1. The summed E-state index contributed by atoms with van der Waals surface area (Å²) in [6.07, 6.45) is -1.06. The maximum absolute atomic E-state index is 12.2. The number of rotatable bonds is 3. The van der Waals surface area contributed by atoms with Gasteiger partial charge in [0.25, 0.3) is 0 Å². The third kappa shape index (κ3) is 3.37. The Morgan fingerprint density at radius 3 is 2.11 bits per heavy atom. The molecule has 3 nitrogen and oxygen atoms in total. The molecule has 0 bridgehead atoms. The quantitative estimate of drug-likeness (QED) is 0.843. The molecular formula is C12H19F3N2O. The zero-order chi connectivity index (χ0) is 13.2. The van der Waals surface area contributed by atoms with Crippen molar-refractivity contribution in [2.24, 2.45) is 11.8 Å². The van der Waals surface area contributed by atoms with Crippen LogP contribution < -0.4 is 5.32 Å². The molecule has 1 amide bonds. The number of likely N-dealkylation sites (tertiary alicyclic amines) is 1. The average molecular weight is 264 g/mol. The van der Waals surface area contributed by atoms with Crippen LogP contribution in [0.3, 0.4) is 0 Å². The highest BCUT2D eigenvalue weighted by Gasteiger charge is 2.43. The predicted octanol–water partition coefficient (Wildman–Crippen LogP) is 1.79. The molecule has 2 aliphatic heterocycles. The Bertz CT molecular complexity index is 294. The number of nitrogens with one attached hydrogen (secondary N) is 1. The highest BCUT2D eigenvalue weighted by molar-refractivity contribution is 5.81. The summed E-state index contributed by atoms with van der Waals surface area (Å²) in [5, 5.41) is 3.21. The molecule has 0 saturated carbocycles. The Morgan fingerprint density at radius 1 is 1.11 bits per heavy atom. The van der Waals surface area contributed by atoms with E-state index in [1.54, 1.807) is 0 Å². The third-order valence-electron chi connectivity index (χ3n) is 3.99. The van der Waals surface area contributed by atoms with Gasteiger partial charge in [0.1, 0.15) is 0 Å². The van der Waals surface area contributed by atoms with Crippen molar-refractivity contribution in [1.82, 2.24) is 10.2 Å². The number of carbonyl (C=O) groups is 1. The van der Waals surface area contributed by atoms with E-state index in [0.717, 1.165) is 36.7 Å². The molecule has 1 N–H and O–H groups in total. The predicted molar refractivity (Wildman–Crippen MR) is 61.0 cm³/mol. The Balaban J connectivity index is 1.69. The van der Waals surface area contributed by atoms with Gasteiger partial charge in [-0.3, -0.25) is 4.79 Å². The smallest absolute Gasteiger partial charge is 0.335 e. The van der Waals surface area contributed by atoms with E-state index in [9.17, 15) is 18.0 Å². The van der Waals surface area contributed by atoms with Crippen LogP contribution >= 0.6 is 0 Å². The second kappa shape index (κ2) is 5.47. The molecule has 2 rings (SSSR count). The molecular weight excluding hydrogens is 245 g/mol. The molecule has 2 fully saturated rings. The Labute approximate surface area is 105 Å². The van der Waals surface area contributed by atoms with Crippen molar-refractivity contribution in [2.45, 2.75) is 31.9 Å². The first-order valence-corrected chi connectivity index (χ1v) is 6.53. The standard InChI is InChI=1S/C12H19F3N2O/c13-12(14,15)11(18)17-5-3-9(4-6-17)1-2-10-7-16-8-10/h9-10,16H,1-8H2. The number of piperidine rings is 1. The molecule has 2 saturated heterocycles. The van der Waals surface area contributed by atoms with Gasteiger partial charge in [-0.2, -0.15) is 13.2 Å². The lowest BCUT2D eigenvalue weighted by Crippen LogP contribution is -2.45. The van der Waals surface area contributed by atoms with Crippen LogP contribution in [0, 0.1) is 11.8 Å². The van der Waals surface area contributed by atoms with Crippen LogP contribution in [-0.2, 0) is 4.79 Å². The molecule has 6 heteroatoms. The third-order valence-corrected chi connectivity index (χ3v) is 3.99. The van der Waals surface area contributed by atoms with Crippen LogP contribution in [0.2, 0.25) is 0 Å². The normalized spacial score (nSPS) is 22.9. The summed E-state index contributed by atoms with van der Waals surface area (Å²) in [6, 6.07) is 0. The summed E-state index contributed by atoms with van der Waals surface area (Å²) in [5.41, 5.74) is 0. The van der Waals surface area contributed by atoms with Crippen molar-refractivity contribution in [3.05, 3.63) is 0 Å². The molecule has 0 aliphatic carbocycles. The highest BCUT2D eigenvalue weighted by Crippen LogP contribution is 2.27. The van der Waals surface area contributed by atoms with E-state index in [1.165, 1.54) is 0 Å². The minimum Gasteiger partial charge on any atom is -0.335 e. The lowest BCUT2D eigenvalue weighted by atomic mass is 9.87. The Hall–Kier alpha value is -0.780. The van der Waals surface area contributed by atoms with Gasteiger partial charge in [0, 0.05) is 13.1 Å². The zero-order valence-electron chi connectivity index (χ0n) is 10.3. The van der Waals surface area contributed by atoms with Crippen LogP contribution in [0.1, 0.15) is 25.7 Å². The molecule has 0 spiro atoms. The summed E-state index contributed by atoms with van der Waals surface area (Å²) in [5.74, 6) is -0.438. The minimum absolute atomic E-state index is 0.256. The molecule has 2 aliphatic rings. The fourth-order valence-corrected chi connectivity index (χ4v) is 2.63. The first kappa shape index (κ1) is 13.6. The number of hydrogen-bond donors (Lipinski definition) is 1. The van der Waals surface area contributed by atoms with E-state index in [2.05, 4.69) is 5.32 Å².